The maximum Gasteiger partial charge on any atom is 0.319 e. The van der Waals surface area contributed by atoms with Gasteiger partial charge in [0.05, 0.1) is 17.7 Å². The summed E-state index contributed by atoms with van der Waals surface area (Å²) >= 11 is 6.07. The van der Waals surface area contributed by atoms with Crippen LogP contribution in [0.25, 0.3) is 0 Å². The fourth-order valence-electron chi connectivity index (χ4n) is 2.61. The molecule has 3 rings (SSSR count). The summed E-state index contributed by atoms with van der Waals surface area (Å²) in [6.07, 6.45) is 1.90. The quantitative estimate of drug-likeness (QED) is 0.869. The topological polar surface area (TPSA) is 50.4 Å². The van der Waals surface area contributed by atoms with Crippen molar-refractivity contribution in [3.63, 3.8) is 0 Å². The number of nitrogens with one attached hydrogen (secondary N) is 2. The minimum absolute atomic E-state index is 0.232. The van der Waals surface area contributed by atoms with Gasteiger partial charge in [0.2, 0.25) is 0 Å². The molecular formula is C18H19ClN2O2. The molecule has 2 amide bonds. The van der Waals surface area contributed by atoms with Crippen molar-refractivity contribution in [2.24, 2.45) is 0 Å². The molecule has 0 heterocycles. The molecule has 2 aromatic carbocycles. The second kappa shape index (κ2) is 6.13. The first kappa shape index (κ1) is 15.7. The van der Waals surface area contributed by atoms with Gasteiger partial charge < -0.3 is 15.4 Å². The van der Waals surface area contributed by atoms with Crippen molar-refractivity contribution < 1.29 is 9.53 Å². The molecule has 1 aliphatic carbocycles. The third-order valence-electron chi connectivity index (χ3n) is 4.12. The zero-order valence-electron chi connectivity index (χ0n) is 13.2. The maximum atomic E-state index is 12.3. The summed E-state index contributed by atoms with van der Waals surface area (Å²) in [5.74, 6) is 0.580. The summed E-state index contributed by atoms with van der Waals surface area (Å²) in [6.45, 7) is 2.05. The van der Waals surface area contributed by atoms with Crippen molar-refractivity contribution in [1.82, 2.24) is 5.32 Å². The number of urea groups is 1. The smallest absolute Gasteiger partial charge is 0.319 e. The van der Waals surface area contributed by atoms with Crippen LogP contribution in [0.2, 0.25) is 5.02 Å². The summed E-state index contributed by atoms with van der Waals surface area (Å²) < 4.78 is 5.10. The standard InChI is InChI=1S/C18H19ClN2O2/c1-12-3-5-13(6-4-12)18(9-10-18)21-17(22)20-14-7-8-16(23-2)15(19)11-14/h3-8,11H,9-10H2,1-2H3,(H2,20,21,22). The van der Waals surface area contributed by atoms with E-state index in [2.05, 4.69) is 41.8 Å². The molecule has 2 N–H and O–H groups in total. The molecule has 0 spiro atoms. The predicted octanol–water partition coefficient (Wildman–Crippen LogP) is 4.47. The molecule has 1 fully saturated rings. The third kappa shape index (κ3) is 3.42. The van der Waals surface area contributed by atoms with Gasteiger partial charge >= 0.3 is 6.03 Å². The highest BCUT2D eigenvalue weighted by Gasteiger charge is 2.45. The molecule has 0 aliphatic heterocycles. The first-order valence-electron chi connectivity index (χ1n) is 7.52. The van der Waals surface area contributed by atoms with Gasteiger partial charge in [-0.15, -0.1) is 0 Å². The van der Waals surface area contributed by atoms with E-state index in [0.717, 1.165) is 18.4 Å². The lowest BCUT2D eigenvalue weighted by atomic mass is 10.0. The van der Waals surface area contributed by atoms with Crippen LogP contribution in [0.4, 0.5) is 10.5 Å². The Hall–Kier alpha value is -2.20. The van der Waals surface area contributed by atoms with Crippen molar-refractivity contribution in [2.45, 2.75) is 25.3 Å². The van der Waals surface area contributed by atoms with Gasteiger partial charge in [-0.25, -0.2) is 4.79 Å². The van der Waals surface area contributed by atoms with Gasteiger partial charge in [-0.1, -0.05) is 41.4 Å². The van der Waals surface area contributed by atoms with Crippen LogP contribution in [0.3, 0.4) is 0 Å². The Labute approximate surface area is 140 Å². The number of carbonyl (C=O) groups excluding carboxylic acids is 1. The van der Waals surface area contributed by atoms with E-state index < -0.39 is 0 Å². The number of ether oxygens (including phenoxy) is 1. The number of benzene rings is 2. The lowest BCUT2D eigenvalue weighted by Gasteiger charge is -2.19. The van der Waals surface area contributed by atoms with Crippen LogP contribution < -0.4 is 15.4 Å². The third-order valence-corrected chi connectivity index (χ3v) is 4.41. The van der Waals surface area contributed by atoms with Crippen LogP contribution in [-0.4, -0.2) is 13.1 Å². The number of methoxy groups -OCH3 is 1. The molecule has 0 aromatic heterocycles. The van der Waals surface area contributed by atoms with Crippen molar-refractivity contribution in [1.29, 1.82) is 0 Å². The normalized spacial score (nSPS) is 14.9. The zero-order chi connectivity index (χ0) is 16.4. The molecule has 23 heavy (non-hydrogen) atoms. The second-order valence-corrected chi connectivity index (χ2v) is 6.28. The Balaban J connectivity index is 1.67. The monoisotopic (exact) mass is 330 g/mol. The van der Waals surface area contributed by atoms with Crippen LogP contribution in [0.15, 0.2) is 42.5 Å². The number of anilines is 1. The minimum Gasteiger partial charge on any atom is -0.495 e. The molecule has 1 aliphatic rings. The Morgan fingerprint density at radius 2 is 1.87 bits per heavy atom. The van der Waals surface area contributed by atoms with E-state index in [0.29, 0.717) is 16.5 Å². The largest absolute Gasteiger partial charge is 0.495 e. The Morgan fingerprint density at radius 3 is 2.43 bits per heavy atom. The molecule has 4 nitrogen and oxygen atoms in total. The van der Waals surface area contributed by atoms with E-state index in [1.54, 1.807) is 25.3 Å². The molecular weight excluding hydrogens is 312 g/mol. The van der Waals surface area contributed by atoms with Crippen LogP contribution in [0, 0.1) is 6.92 Å². The SMILES string of the molecule is COc1ccc(NC(=O)NC2(c3ccc(C)cc3)CC2)cc1Cl. The number of hydrogen-bond donors (Lipinski definition) is 2. The fraction of sp³-hybridized carbons (Fsp3) is 0.278. The molecule has 0 unspecified atom stereocenters. The van der Waals surface area contributed by atoms with Gasteiger partial charge in [0.25, 0.3) is 0 Å². The molecule has 0 bridgehead atoms. The highest BCUT2D eigenvalue weighted by Crippen LogP contribution is 2.45. The van der Waals surface area contributed by atoms with E-state index in [1.165, 1.54) is 5.56 Å². The van der Waals surface area contributed by atoms with Crippen LogP contribution in [-0.2, 0) is 5.54 Å². The Bertz CT molecular complexity index is 724. The molecule has 0 radical (unpaired) electrons. The van der Waals surface area contributed by atoms with Gasteiger partial charge in [0, 0.05) is 5.69 Å². The molecule has 5 heteroatoms. The van der Waals surface area contributed by atoms with Crippen LogP contribution in [0.5, 0.6) is 5.75 Å². The van der Waals surface area contributed by atoms with E-state index in [1.807, 2.05) is 0 Å². The fourth-order valence-corrected chi connectivity index (χ4v) is 2.86. The summed E-state index contributed by atoms with van der Waals surface area (Å²) in [7, 11) is 1.56. The zero-order valence-corrected chi connectivity index (χ0v) is 13.9. The lowest BCUT2D eigenvalue weighted by Crippen LogP contribution is -2.38. The first-order valence-corrected chi connectivity index (χ1v) is 7.90. The average molecular weight is 331 g/mol. The van der Waals surface area contributed by atoms with Crippen LogP contribution in [0.1, 0.15) is 24.0 Å². The predicted molar refractivity (Wildman–Crippen MR) is 92.2 cm³/mol. The highest BCUT2D eigenvalue weighted by molar-refractivity contribution is 6.32. The Kier molecular flexibility index (Phi) is 4.18. The van der Waals surface area contributed by atoms with Crippen LogP contribution >= 0.6 is 11.6 Å². The number of rotatable bonds is 4. The van der Waals surface area contributed by atoms with Gasteiger partial charge in [0.1, 0.15) is 5.75 Å². The molecule has 1 saturated carbocycles. The molecule has 0 atom stereocenters. The van der Waals surface area contributed by atoms with Gasteiger partial charge in [-0.2, -0.15) is 0 Å². The number of hydrogen-bond acceptors (Lipinski definition) is 2. The van der Waals surface area contributed by atoms with Crippen molar-refractivity contribution >= 4 is 23.3 Å². The minimum atomic E-state index is -0.242. The average Bonchev–Trinajstić information content (AvgIpc) is 3.28. The van der Waals surface area contributed by atoms with Crippen molar-refractivity contribution in [2.75, 3.05) is 12.4 Å². The van der Waals surface area contributed by atoms with E-state index >= 15 is 0 Å². The summed E-state index contributed by atoms with van der Waals surface area (Å²) in [4.78, 5) is 12.3. The van der Waals surface area contributed by atoms with Crippen molar-refractivity contribution in [3.05, 3.63) is 58.6 Å². The molecule has 0 saturated heterocycles. The van der Waals surface area contributed by atoms with Gasteiger partial charge in [-0.3, -0.25) is 0 Å². The lowest BCUT2D eigenvalue weighted by molar-refractivity contribution is 0.247. The highest BCUT2D eigenvalue weighted by atomic mass is 35.5. The first-order chi connectivity index (χ1) is 11.0. The van der Waals surface area contributed by atoms with E-state index in [4.69, 9.17) is 16.3 Å². The second-order valence-electron chi connectivity index (χ2n) is 5.88. The number of amides is 2. The summed E-state index contributed by atoms with van der Waals surface area (Å²) in [6, 6.07) is 13.2. The molecule has 2 aromatic rings. The number of halogens is 1. The van der Waals surface area contributed by atoms with E-state index in [-0.39, 0.29) is 11.6 Å². The number of carbonyl (C=O) groups is 1. The summed E-state index contributed by atoms with van der Waals surface area (Å²) in [5.41, 5.74) is 2.74. The van der Waals surface area contributed by atoms with Gasteiger partial charge in [-0.05, 0) is 43.5 Å². The summed E-state index contributed by atoms with van der Waals surface area (Å²) in [5, 5.41) is 6.36. The Morgan fingerprint density at radius 1 is 1.17 bits per heavy atom. The van der Waals surface area contributed by atoms with E-state index in [9.17, 15) is 4.79 Å². The number of aryl methyl sites for hydroxylation is 1. The maximum absolute atomic E-state index is 12.3. The molecule has 120 valence electrons. The van der Waals surface area contributed by atoms with Crippen molar-refractivity contribution in [3.8, 4) is 5.75 Å². The van der Waals surface area contributed by atoms with Gasteiger partial charge in [0.15, 0.2) is 0 Å².